The molecule has 246 valence electrons. The van der Waals surface area contributed by atoms with Crippen LogP contribution in [0.15, 0.2) is 91.2 Å². The van der Waals surface area contributed by atoms with Gasteiger partial charge >= 0.3 is 0 Å². The van der Waals surface area contributed by atoms with Gasteiger partial charge in [0.15, 0.2) is 0 Å². The number of rotatable bonds is 16. The fourth-order valence-corrected chi connectivity index (χ4v) is 5.08. The van der Waals surface area contributed by atoms with E-state index in [1.54, 1.807) is 29.2 Å². The maximum absolute atomic E-state index is 13.4. The van der Waals surface area contributed by atoms with Crippen molar-refractivity contribution in [1.29, 1.82) is 0 Å². The van der Waals surface area contributed by atoms with E-state index in [0.29, 0.717) is 44.7 Å². The first-order chi connectivity index (χ1) is 21.8. The summed E-state index contributed by atoms with van der Waals surface area (Å²) in [6.07, 6.45) is 9.43. The number of phenols is 1. The van der Waals surface area contributed by atoms with Crippen LogP contribution >= 0.6 is 0 Å². The first-order valence-electron chi connectivity index (χ1n) is 15.9. The molecular weight excluding hydrogens is 578 g/mol. The summed E-state index contributed by atoms with van der Waals surface area (Å²) >= 11 is 0. The van der Waals surface area contributed by atoms with Crippen LogP contribution in [-0.4, -0.2) is 53.0 Å². The Labute approximate surface area is 273 Å². The van der Waals surface area contributed by atoms with Gasteiger partial charge in [-0.1, -0.05) is 81.6 Å². The van der Waals surface area contributed by atoms with Crippen LogP contribution in [0.4, 0.5) is 0 Å². The van der Waals surface area contributed by atoms with Crippen molar-refractivity contribution in [2.24, 2.45) is 5.41 Å². The minimum Gasteiger partial charge on any atom is -0.508 e. The van der Waals surface area contributed by atoms with Crippen molar-refractivity contribution < 1.29 is 24.2 Å². The van der Waals surface area contributed by atoms with E-state index >= 15 is 0 Å². The number of aromatic hydroxyl groups is 1. The predicted octanol–water partition coefficient (Wildman–Crippen LogP) is 6.23. The molecule has 2 aromatic rings. The van der Waals surface area contributed by atoms with Crippen LogP contribution in [0.5, 0.6) is 5.75 Å². The van der Waals surface area contributed by atoms with Crippen molar-refractivity contribution in [3.63, 3.8) is 0 Å². The summed E-state index contributed by atoms with van der Waals surface area (Å²) in [5, 5.41) is 15.3. The van der Waals surface area contributed by atoms with Gasteiger partial charge in [-0.05, 0) is 73.6 Å². The lowest BCUT2D eigenvalue weighted by Gasteiger charge is -2.29. The Hall–Kier alpha value is -4.43. The predicted molar refractivity (Wildman–Crippen MR) is 184 cm³/mol. The van der Waals surface area contributed by atoms with Crippen LogP contribution in [0, 0.1) is 5.41 Å². The number of fused-ring (bicyclic) bond motifs is 1. The van der Waals surface area contributed by atoms with Gasteiger partial charge in [0, 0.05) is 38.0 Å². The minimum atomic E-state index is -0.618. The van der Waals surface area contributed by atoms with Crippen LogP contribution in [0.25, 0.3) is 6.08 Å². The van der Waals surface area contributed by atoms with Crippen molar-refractivity contribution in [2.45, 2.75) is 71.9 Å². The quantitative estimate of drug-likeness (QED) is 0.205. The molecular formula is C38H49N3O5. The highest BCUT2D eigenvalue weighted by Crippen LogP contribution is 2.26. The first kappa shape index (κ1) is 36.0. The Morgan fingerprint density at radius 3 is 2.33 bits per heavy atom. The second-order valence-electron chi connectivity index (χ2n) is 12.8. The summed E-state index contributed by atoms with van der Waals surface area (Å²) in [4.78, 5) is 40.5. The molecule has 3 rings (SSSR count). The molecule has 0 saturated carbocycles. The third-order valence-electron chi connectivity index (χ3n) is 8.21. The molecule has 0 unspecified atom stereocenters. The lowest BCUT2D eigenvalue weighted by atomic mass is 9.88. The summed E-state index contributed by atoms with van der Waals surface area (Å²) < 4.78 is 6.10. The summed E-state index contributed by atoms with van der Waals surface area (Å²) in [6, 6.07) is 14.9. The molecule has 8 heteroatoms. The molecule has 8 nitrogen and oxygen atoms in total. The third kappa shape index (κ3) is 10.9. The average Bonchev–Trinajstić information content (AvgIpc) is 3.01. The first-order valence-corrected chi connectivity index (χ1v) is 15.9. The highest BCUT2D eigenvalue weighted by atomic mass is 16.5. The average molecular weight is 628 g/mol. The maximum atomic E-state index is 13.4. The van der Waals surface area contributed by atoms with E-state index in [2.05, 4.69) is 23.8 Å². The zero-order valence-electron chi connectivity index (χ0n) is 27.7. The van der Waals surface area contributed by atoms with Gasteiger partial charge in [0.1, 0.15) is 5.75 Å². The zero-order valence-corrected chi connectivity index (χ0v) is 27.7. The largest absolute Gasteiger partial charge is 0.508 e. The number of carbonyl (C=O) groups is 3. The number of hydrogen-bond acceptors (Lipinski definition) is 5. The molecule has 46 heavy (non-hydrogen) atoms. The SMILES string of the molecule is C=CC1=C(\C=C)N(C(=O)CCNC(=O)CCC(C)(C)OCCC(C)(C)C(=O)NCCc2ccc(O)cc2)Cc2ccccc2/C=C\1. The molecule has 2 aromatic carbocycles. The van der Waals surface area contributed by atoms with E-state index in [-0.39, 0.29) is 42.9 Å². The fourth-order valence-electron chi connectivity index (χ4n) is 5.08. The summed E-state index contributed by atoms with van der Waals surface area (Å²) in [6.45, 7) is 17.0. The lowest BCUT2D eigenvalue weighted by molar-refractivity contribution is -0.131. The molecule has 0 radical (unpaired) electrons. The number of nitrogens with one attached hydrogen (secondary N) is 2. The van der Waals surface area contributed by atoms with Gasteiger partial charge in [-0.2, -0.15) is 0 Å². The van der Waals surface area contributed by atoms with E-state index in [1.807, 2.05) is 76.2 Å². The molecule has 3 amide bonds. The number of allylic oxidation sites excluding steroid dienone is 4. The Morgan fingerprint density at radius 2 is 1.63 bits per heavy atom. The Morgan fingerprint density at radius 1 is 0.913 bits per heavy atom. The second kappa shape index (κ2) is 16.8. The maximum Gasteiger partial charge on any atom is 0.229 e. The topological polar surface area (TPSA) is 108 Å². The van der Waals surface area contributed by atoms with Gasteiger partial charge in [-0.15, -0.1) is 0 Å². The Balaban J connectivity index is 1.41. The fraction of sp³-hybridized carbons (Fsp3) is 0.395. The Kier molecular flexibility index (Phi) is 13.1. The van der Waals surface area contributed by atoms with Crippen molar-refractivity contribution in [2.75, 3.05) is 19.7 Å². The van der Waals surface area contributed by atoms with Gasteiger partial charge < -0.3 is 25.4 Å². The number of benzene rings is 2. The van der Waals surface area contributed by atoms with Crippen molar-refractivity contribution in [1.82, 2.24) is 15.5 Å². The van der Waals surface area contributed by atoms with Crippen LogP contribution in [-0.2, 0) is 32.1 Å². The Bertz CT molecular complexity index is 1450. The monoisotopic (exact) mass is 627 g/mol. The number of amides is 3. The number of ether oxygens (including phenoxy) is 1. The van der Waals surface area contributed by atoms with Crippen LogP contribution in [0.1, 0.15) is 70.1 Å². The van der Waals surface area contributed by atoms with Gasteiger partial charge in [0.25, 0.3) is 0 Å². The van der Waals surface area contributed by atoms with Crippen molar-refractivity contribution in [3.8, 4) is 5.75 Å². The number of hydrogen-bond donors (Lipinski definition) is 3. The summed E-state index contributed by atoms with van der Waals surface area (Å²) in [5.41, 5.74) is 3.41. The molecule has 1 aliphatic rings. The number of carbonyl (C=O) groups excluding carboxylic acids is 3. The molecule has 1 aliphatic heterocycles. The summed E-state index contributed by atoms with van der Waals surface area (Å²) in [7, 11) is 0. The molecule has 0 atom stereocenters. The molecule has 0 spiro atoms. The van der Waals surface area contributed by atoms with Gasteiger partial charge in [-0.3, -0.25) is 14.4 Å². The van der Waals surface area contributed by atoms with Gasteiger partial charge in [0.2, 0.25) is 17.7 Å². The molecule has 0 aromatic heterocycles. The molecule has 0 aliphatic carbocycles. The molecule has 0 bridgehead atoms. The third-order valence-corrected chi connectivity index (χ3v) is 8.21. The smallest absolute Gasteiger partial charge is 0.229 e. The van der Waals surface area contributed by atoms with E-state index in [4.69, 9.17) is 4.74 Å². The molecule has 0 fully saturated rings. The second-order valence-corrected chi connectivity index (χ2v) is 12.8. The number of phenolic OH excluding ortho intramolecular Hbond substituents is 1. The highest BCUT2D eigenvalue weighted by Gasteiger charge is 2.29. The molecule has 0 saturated heterocycles. The van der Waals surface area contributed by atoms with E-state index in [0.717, 1.165) is 22.3 Å². The lowest BCUT2D eigenvalue weighted by Crippen LogP contribution is -2.39. The van der Waals surface area contributed by atoms with Crippen LogP contribution < -0.4 is 10.6 Å². The van der Waals surface area contributed by atoms with Crippen LogP contribution in [0.2, 0.25) is 0 Å². The molecule has 3 N–H and O–H groups in total. The van der Waals surface area contributed by atoms with Crippen molar-refractivity contribution >= 4 is 23.8 Å². The van der Waals surface area contributed by atoms with E-state index in [1.165, 1.54) is 0 Å². The highest BCUT2D eigenvalue weighted by molar-refractivity contribution is 5.82. The van der Waals surface area contributed by atoms with E-state index in [9.17, 15) is 19.5 Å². The molecule has 1 heterocycles. The van der Waals surface area contributed by atoms with Crippen LogP contribution in [0.3, 0.4) is 0 Å². The van der Waals surface area contributed by atoms with E-state index < -0.39 is 11.0 Å². The standard InChI is InChI=1S/C38H49N3O5/c1-7-29-15-16-30-11-9-10-12-31(30)27-41(33(29)8-2)35(44)21-25-39-34(43)19-22-38(5,6)46-26-23-37(3,4)36(45)40-24-20-28-13-17-32(42)18-14-28/h7-18,42H,1-2,19-27H2,3-6H3,(H,39,43)(H,40,45)/b16-15-,33-29-. The summed E-state index contributed by atoms with van der Waals surface area (Å²) in [5.74, 6) is -0.0917. The normalized spacial score (nSPS) is 15.6. The zero-order chi connectivity index (χ0) is 33.7. The van der Waals surface area contributed by atoms with Gasteiger partial charge in [-0.25, -0.2) is 0 Å². The number of nitrogens with zero attached hydrogens (tertiary/aromatic N) is 1. The van der Waals surface area contributed by atoms with Crippen molar-refractivity contribution in [3.05, 3.63) is 108 Å². The van der Waals surface area contributed by atoms with Gasteiger partial charge in [0.05, 0.1) is 17.8 Å². The minimum absolute atomic E-state index is 0.0468.